The second-order valence-electron chi connectivity index (χ2n) is 12.7. The molecule has 0 aliphatic rings. The normalized spacial score (nSPS) is 11.4. The van der Waals surface area contributed by atoms with E-state index >= 15 is 0 Å². The Kier molecular flexibility index (Phi) is 7.28. The van der Waals surface area contributed by atoms with Crippen molar-refractivity contribution >= 4 is 32.7 Å². The Morgan fingerprint density at radius 2 is 0.981 bits per heavy atom. The summed E-state index contributed by atoms with van der Waals surface area (Å²) >= 11 is 0. The van der Waals surface area contributed by atoms with Gasteiger partial charge in [0, 0.05) is 69.1 Å². The Balaban J connectivity index is 1.18. The maximum absolute atomic E-state index is 5.41. The van der Waals surface area contributed by atoms with Gasteiger partial charge >= 0.3 is 0 Å². The first kappa shape index (κ1) is 30.4. The van der Waals surface area contributed by atoms with Crippen LogP contribution in [-0.2, 0) is 0 Å². The summed E-state index contributed by atoms with van der Waals surface area (Å²) in [7, 11) is 0. The van der Waals surface area contributed by atoms with E-state index in [1.165, 1.54) is 0 Å². The molecule has 10 aromatic rings. The summed E-state index contributed by atoms with van der Waals surface area (Å²) in [6, 6.07) is 49.4. The fourth-order valence-electron chi connectivity index (χ4n) is 6.94. The Hall–Kier alpha value is -7.45. The van der Waals surface area contributed by atoms with Gasteiger partial charge in [0.05, 0.1) is 22.2 Å². The molecule has 248 valence electrons. The molecule has 0 saturated heterocycles. The predicted octanol–water partition coefficient (Wildman–Crippen LogP) is 10.0. The molecule has 0 spiro atoms. The van der Waals surface area contributed by atoms with E-state index in [4.69, 9.17) is 24.9 Å². The first-order valence-corrected chi connectivity index (χ1v) is 17.3. The molecular weight excluding hydrogens is 653 g/mol. The van der Waals surface area contributed by atoms with Crippen LogP contribution in [-0.4, -0.2) is 39.5 Å². The third kappa shape index (κ3) is 5.37. The molecule has 8 nitrogen and oxygen atoms in total. The first-order valence-electron chi connectivity index (χ1n) is 17.3. The van der Waals surface area contributed by atoms with Crippen molar-refractivity contribution in [1.29, 1.82) is 0 Å². The van der Waals surface area contributed by atoms with E-state index in [1.807, 2.05) is 54.6 Å². The molecule has 0 aliphatic carbocycles. The van der Waals surface area contributed by atoms with Crippen molar-refractivity contribution in [2.45, 2.75) is 0 Å². The molecule has 10 rings (SSSR count). The number of benzene rings is 5. The number of aromatic nitrogens is 8. The number of nitrogens with zero attached hydrogens (tertiary/aromatic N) is 8. The van der Waals surface area contributed by atoms with Gasteiger partial charge in [-0.1, -0.05) is 97.1 Å². The van der Waals surface area contributed by atoms with Gasteiger partial charge in [-0.15, -0.1) is 0 Å². The summed E-state index contributed by atoms with van der Waals surface area (Å²) in [5.74, 6) is 2.51. The quantitative estimate of drug-likeness (QED) is 0.161. The van der Waals surface area contributed by atoms with Crippen molar-refractivity contribution in [1.82, 2.24) is 39.5 Å². The van der Waals surface area contributed by atoms with Crippen molar-refractivity contribution in [3.63, 3.8) is 0 Å². The highest BCUT2D eigenvalue weighted by Gasteiger charge is 2.21. The smallest absolute Gasteiger partial charge is 0.165 e. The lowest BCUT2D eigenvalue weighted by molar-refractivity contribution is 1.07. The molecule has 0 fully saturated rings. The van der Waals surface area contributed by atoms with E-state index in [1.54, 1.807) is 24.8 Å². The number of fused-ring (bicyclic) bond motifs is 5. The summed E-state index contributed by atoms with van der Waals surface area (Å²) < 4.78 is 2.24. The molecule has 0 N–H and O–H groups in total. The predicted molar refractivity (Wildman–Crippen MR) is 210 cm³/mol. The molecular formula is C45H28N8. The second-order valence-corrected chi connectivity index (χ2v) is 12.7. The van der Waals surface area contributed by atoms with Crippen LogP contribution in [0.1, 0.15) is 0 Å². The fourth-order valence-corrected chi connectivity index (χ4v) is 6.94. The number of hydrogen-bond acceptors (Lipinski definition) is 7. The molecule has 0 amide bonds. The zero-order chi connectivity index (χ0) is 35.1. The van der Waals surface area contributed by atoms with Gasteiger partial charge in [0.25, 0.3) is 0 Å². The average molecular weight is 681 g/mol. The van der Waals surface area contributed by atoms with Crippen molar-refractivity contribution < 1.29 is 0 Å². The van der Waals surface area contributed by atoms with Crippen LogP contribution in [0, 0.1) is 0 Å². The minimum absolute atomic E-state index is 0.541. The van der Waals surface area contributed by atoms with Crippen molar-refractivity contribution in [2.75, 3.05) is 0 Å². The van der Waals surface area contributed by atoms with Crippen LogP contribution in [0.3, 0.4) is 0 Å². The first-order chi connectivity index (χ1) is 26.3. The number of hydrogen-bond donors (Lipinski definition) is 0. The van der Waals surface area contributed by atoms with Gasteiger partial charge in [-0.3, -0.25) is 14.5 Å². The molecule has 53 heavy (non-hydrogen) atoms. The topological polar surface area (TPSA) is 95.2 Å². The fraction of sp³-hybridized carbons (Fsp3) is 0. The monoisotopic (exact) mass is 680 g/mol. The highest BCUT2D eigenvalue weighted by molar-refractivity contribution is 6.20. The van der Waals surface area contributed by atoms with Gasteiger partial charge in [0.1, 0.15) is 5.82 Å². The van der Waals surface area contributed by atoms with Crippen LogP contribution in [0.15, 0.2) is 170 Å². The lowest BCUT2D eigenvalue weighted by Gasteiger charge is -2.13. The number of pyridine rings is 3. The van der Waals surface area contributed by atoms with Crippen LogP contribution in [0.25, 0.3) is 95.2 Å². The standard InChI is InChI=1S/C45H28N8/c1-3-11-31(12-4-1)45-49-41-38(53(45)34-15-5-2-6-16-34)24-23-36-35-17-7-8-18-37(35)48-40(39(36)41)29-19-21-30(22-20-29)42-50-43(32-13-9-25-46-27-32)52-44(51-42)33-14-10-26-47-28-33/h1-28H. The second kappa shape index (κ2) is 12.7. The molecule has 0 radical (unpaired) electrons. The molecule has 8 heteroatoms. The average Bonchev–Trinajstić information content (AvgIpc) is 3.65. The van der Waals surface area contributed by atoms with Crippen LogP contribution in [0.2, 0.25) is 0 Å². The van der Waals surface area contributed by atoms with E-state index < -0.39 is 0 Å². The molecule has 5 aromatic carbocycles. The lowest BCUT2D eigenvalue weighted by atomic mass is 9.98. The Bertz CT molecular complexity index is 2850. The summed E-state index contributed by atoms with van der Waals surface area (Å²) in [6.07, 6.45) is 6.99. The highest BCUT2D eigenvalue weighted by atomic mass is 15.1. The van der Waals surface area contributed by atoms with E-state index in [0.717, 1.165) is 77.7 Å². The van der Waals surface area contributed by atoms with E-state index in [9.17, 15) is 0 Å². The highest BCUT2D eigenvalue weighted by Crippen LogP contribution is 2.40. The Labute approximate surface area is 304 Å². The summed E-state index contributed by atoms with van der Waals surface area (Å²) in [5, 5.41) is 3.18. The van der Waals surface area contributed by atoms with Gasteiger partial charge < -0.3 is 0 Å². The molecule has 5 aromatic heterocycles. The molecule has 0 unspecified atom stereocenters. The minimum atomic E-state index is 0.541. The summed E-state index contributed by atoms with van der Waals surface area (Å²) in [5.41, 5.74) is 9.17. The van der Waals surface area contributed by atoms with Gasteiger partial charge in [-0.25, -0.2) is 24.9 Å². The lowest BCUT2D eigenvalue weighted by Crippen LogP contribution is -2.00. The zero-order valence-electron chi connectivity index (χ0n) is 28.2. The SMILES string of the molecule is c1ccc(-c2nc3c4c(-c5ccc(-c6nc(-c7cccnc7)nc(-c7cccnc7)n6)cc5)nc5ccccc5c4ccc3n2-c2ccccc2)cc1. The van der Waals surface area contributed by atoms with Crippen molar-refractivity contribution in [3.8, 4) is 62.5 Å². The number of rotatable bonds is 6. The van der Waals surface area contributed by atoms with Crippen LogP contribution in [0.5, 0.6) is 0 Å². The largest absolute Gasteiger partial charge is 0.292 e. The van der Waals surface area contributed by atoms with Crippen LogP contribution < -0.4 is 0 Å². The number of para-hydroxylation sites is 2. The molecule has 0 aliphatic heterocycles. The molecule has 0 bridgehead atoms. The maximum atomic E-state index is 5.41. The van der Waals surface area contributed by atoms with E-state index in [2.05, 4.69) is 106 Å². The minimum Gasteiger partial charge on any atom is -0.292 e. The van der Waals surface area contributed by atoms with E-state index in [-0.39, 0.29) is 0 Å². The van der Waals surface area contributed by atoms with Crippen molar-refractivity contribution in [2.24, 2.45) is 0 Å². The zero-order valence-corrected chi connectivity index (χ0v) is 28.2. The summed E-state index contributed by atoms with van der Waals surface area (Å²) in [4.78, 5) is 33.9. The summed E-state index contributed by atoms with van der Waals surface area (Å²) in [6.45, 7) is 0. The van der Waals surface area contributed by atoms with E-state index in [0.29, 0.717) is 17.5 Å². The Morgan fingerprint density at radius 1 is 0.396 bits per heavy atom. The molecule has 5 heterocycles. The third-order valence-corrected chi connectivity index (χ3v) is 9.43. The van der Waals surface area contributed by atoms with Gasteiger partial charge in [-0.2, -0.15) is 0 Å². The van der Waals surface area contributed by atoms with Gasteiger partial charge in [-0.05, 0) is 53.9 Å². The van der Waals surface area contributed by atoms with Crippen molar-refractivity contribution in [3.05, 3.63) is 170 Å². The molecule has 0 atom stereocenters. The van der Waals surface area contributed by atoms with Crippen LogP contribution >= 0.6 is 0 Å². The Morgan fingerprint density at radius 3 is 1.64 bits per heavy atom. The van der Waals surface area contributed by atoms with Gasteiger partial charge in [0.15, 0.2) is 17.5 Å². The van der Waals surface area contributed by atoms with Crippen LogP contribution in [0.4, 0.5) is 0 Å². The van der Waals surface area contributed by atoms with Gasteiger partial charge in [0.2, 0.25) is 0 Å². The maximum Gasteiger partial charge on any atom is 0.165 e. The number of imidazole rings is 1. The third-order valence-electron chi connectivity index (χ3n) is 9.43. The molecule has 0 saturated carbocycles.